The van der Waals surface area contributed by atoms with Crippen molar-refractivity contribution in [3.05, 3.63) is 34.7 Å². The van der Waals surface area contributed by atoms with Crippen molar-refractivity contribution in [2.24, 2.45) is 0 Å². The number of alkyl halides is 1. The Morgan fingerprint density at radius 1 is 1.50 bits per heavy atom. The second-order valence-electron chi connectivity index (χ2n) is 1.92. The molecule has 1 aromatic heterocycles. The van der Waals surface area contributed by atoms with Gasteiger partial charge in [0.05, 0.1) is 6.54 Å². The van der Waals surface area contributed by atoms with Gasteiger partial charge < -0.3 is 4.57 Å². The molecule has 0 bridgehead atoms. The van der Waals surface area contributed by atoms with Gasteiger partial charge in [-0.05, 0) is 6.07 Å². The molecule has 0 N–H and O–H groups in total. The van der Waals surface area contributed by atoms with E-state index in [4.69, 9.17) is 0 Å². The van der Waals surface area contributed by atoms with E-state index in [-0.39, 0.29) is 12.1 Å². The van der Waals surface area contributed by atoms with Crippen LogP contribution in [-0.4, -0.2) is 11.2 Å². The first kappa shape index (κ1) is 6.99. The number of rotatable bonds is 2. The average Bonchev–Trinajstić information content (AvgIpc) is 1.94. The number of pyridine rings is 1. The molecule has 0 unspecified atom stereocenters. The molecule has 0 radical (unpaired) electrons. The highest BCUT2D eigenvalue weighted by molar-refractivity contribution is 4.92. The van der Waals surface area contributed by atoms with Crippen molar-refractivity contribution in [3.8, 4) is 0 Å². The van der Waals surface area contributed by atoms with E-state index in [1.54, 1.807) is 18.3 Å². The van der Waals surface area contributed by atoms with Gasteiger partial charge in [0.15, 0.2) is 0 Å². The van der Waals surface area contributed by atoms with E-state index in [0.29, 0.717) is 0 Å². The predicted molar refractivity (Wildman–Crippen MR) is 36.7 cm³/mol. The molecule has 10 heavy (non-hydrogen) atoms. The summed E-state index contributed by atoms with van der Waals surface area (Å²) in [7, 11) is 0. The number of hydrogen-bond acceptors (Lipinski definition) is 1. The maximum Gasteiger partial charge on any atom is 0.250 e. The minimum absolute atomic E-state index is 0.152. The second-order valence-corrected chi connectivity index (χ2v) is 1.92. The zero-order chi connectivity index (χ0) is 7.40. The Morgan fingerprint density at radius 2 is 2.30 bits per heavy atom. The molecule has 0 atom stereocenters. The molecule has 0 amide bonds. The van der Waals surface area contributed by atoms with Gasteiger partial charge in [-0.1, -0.05) is 6.07 Å². The summed E-state index contributed by atoms with van der Waals surface area (Å²) in [6.45, 7) is -0.344. The molecular weight excluding hydrogens is 133 g/mol. The molecule has 0 spiro atoms. The Labute approximate surface area is 57.9 Å². The van der Waals surface area contributed by atoms with Crippen molar-refractivity contribution in [3.63, 3.8) is 0 Å². The fourth-order valence-corrected chi connectivity index (χ4v) is 0.736. The Morgan fingerprint density at radius 3 is 2.90 bits per heavy atom. The lowest BCUT2D eigenvalue weighted by Gasteiger charge is -1.98. The first-order valence-electron chi connectivity index (χ1n) is 3.06. The molecule has 0 aromatic carbocycles. The smallest absolute Gasteiger partial charge is 0.250 e. The van der Waals surface area contributed by atoms with E-state index < -0.39 is 6.67 Å². The molecular formula is C7H8FNO. The normalized spacial score (nSPS) is 9.70. The minimum Gasteiger partial charge on any atom is -0.313 e. The fourth-order valence-electron chi connectivity index (χ4n) is 0.736. The minimum atomic E-state index is -0.496. The van der Waals surface area contributed by atoms with Gasteiger partial charge in [-0.2, -0.15) is 0 Å². The Balaban J connectivity index is 2.92. The van der Waals surface area contributed by atoms with Crippen LogP contribution in [0.5, 0.6) is 0 Å². The number of hydrogen-bond donors (Lipinski definition) is 0. The van der Waals surface area contributed by atoms with E-state index in [1.165, 1.54) is 10.6 Å². The van der Waals surface area contributed by atoms with Gasteiger partial charge >= 0.3 is 0 Å². The average molecular weight is 141 g/mol. The monoisotopic (exact) mass is 141 g/mol. The highest BCUT2D eigenvalue weighted by atomic mass is 19.1. The van der Waals surface area contributed by atoms with Crippen molar-refractivity contribution in [1.29, 1.82) is 0 Å². The summed E-state index contributed by atoms with van der Waals surface area (Å²) in [4.78, 5) is 10.8. The van der Waals surface area contributed by atoms with Gasteiger partial charge in [0, 0.05) is 12.3 Å². The van der Waals surface area contributed by atoms with Crippen LogP contribution in [0.1, 0.15) is 0 Å². The molecule has 0 fully saturated rings. The Hall–Kier alpha value is -1.12. The summed E-state index contributed by atoms with van der Waals surface area (Å²) >= 11 is 0. The fraction of sp³-hybridized carbons (Fsp3) is 0.286. The summed E-state index contributed by atoms with van der Waals surface area (Å²) in [6, 6.07) is 4.75. The van der Waals surface area contributed by atoms with Gasteiger partial charge in [-0.15, -0.1) is 0 Å². The first-order chi connectivity index (χ1) is 4.84. The predicted octanol–water partition coefficient (Wildman–Crippen LogP) is 0.818. The third kappa shape index (κ3) is 1.43. The third-order valence-electron chi connectivity index (χ3n) is 1.22. The number of nitrogens with zero attached hydrogens (tertiary/aromatic N) is 1. The van der Waals surface area contributed by atoms with E-state index in [9.17, 15) is 9.18 Å². The molecule has 0 aliphatic carbocycles. The van der Waals surface area contributed by atoms with Gasteiger partial charge in [-0.3, -0.25) is 4.79 Å². The van der Waals surface area contributed by atoms with Gasteiger partial charge in [0.25, 0.3) is 5.56 Å². The van der Waals surface area contributed by atoms with Crippen LogP contribution < -0.4 is 5.56 Å². The van der Waals surface area contributed by atoms with Gasteiger partial charge in [0.1, 0.15) is 6.67 Å². The van der Waals surface area contributed by atoms with Crippen molar-refractivity contribution >= 4 is 0 Å². The molecule has 3 heteroatoms. The van der Waals surface area contributed by atoms with E-state index >= 15 is 0 Å². The van der Waals surface area contributed by atoms with E-state index in [0.717, 1.165) is 0 Å². The molecule has 1 heterocycles. The molecule has 54 valence electrons. The SMILES string of the molecule is O=c1ccccn1CCF. The van der Waals surface area contributed by atoms with Crippen LogP contribution in [0.2, 0.25) is 0 Å². The number of aromatic nitrogens is 1. The highest BCUT2D eigenvalue weighted by Gasteiger charge is 1.89. The van der Waals surface area contributed by atoms with Crippen LogP contribution in [-0.2, 0) is 6.54 Å². The Bertz CT molecular complexity index is 256. The number of aryl methyl sites for hydroxylation is 1. The summed E-state index contributed by atoms with van der Waals surface area (Å²) in [5.41, 5.74) is -0.153. The molecule has 0 saturated carbocycles. The molecule has 1 rings (SSSR count). The standard InChI is InChI=1S/C7H8FNO/c8-4-6-9-5-2-1-3-7(9)10/h1-3,5H,4,6H2. The van der Waals surface area contributed by atoms with E-state index in [2.05, 4.69) is 0 Å². The van der Waals surface area contributed by atoms with Crippen LogP contribution in [0.25, 0.3) is 0 Å². The molecule has 0 aliphatic heterocycles. The summed E-state index contributed by atoms with van der Waals surface area (Å²) in [6.07, 6.45) is 1.57. The maximum atomic E-state index is 11.7. The molecule has 1 aromatic rings. The van der Waals surface area contributed by atoms with Crippen LogP contribution in [0.3, 0.4) is 0 Å². The molecule has 0 saturated heterocycles. The topological polar surface area (TPSA) is 22.0 Å². The summed E-state index contributed by atoms with van der Waals surface area (Å²) in [5.74, 6) is 0. The van der Waals surface area contributed by atoms with Crippen molar-refractivity contribution in [2.75, 3.05) is 6.67 Å². The lowest BCUT2D eigenvalue weighted by molar-refractivity contribution is 0.440. The summed E-state index contributed by atoms with van der Waals surface area (Å²) < 4.78 is 13.0. The van der Waals surface area contributed by atoms with Gasteiger partial charge in [0.2, 0.25) is 0 Å². The summed E-state index contributed by atoms with van der Waals surface area (Å²) in [5, 5.41) is 0. The van der Waals surface area contributed by atoms with Crippen molar-refractivity contribution in [1.82, 2.24) is 4.57 Å². The largest absolute Gasteiger partial charge is 0.313 e. The quantitative estimate of drug-likeness (QED) is 0.597. The van der Waals surface area contributed by atoms with Gasteiger partial charge in [-0.25, -0.2) is 4.39 Å². The van der Waals surface area contributed by atoms with Crippen LogP contribution in [0, 0.1) is 0 Å². The molecule has 0 aliphatic rings. The van der Waals surface area contributed by atoms with Crippen molar-refractivity contribution in [2.45, 2.75) is 6.54 Å². The Kier molecular flexibility index (Phi) is 2.20. The van der Waals surface area contributed by atoms with E-state index in [1.807, 2.05) is 0 Å². The van der Waals surface area contributed by atoms with Crippen LogP contribution in [0.15, 0.2) is 29.2 Å². The maximum absolute atomic E-state index is 11.7. The van der Waals surface area contributed by atoms with Crippen LogP contribution in [0.4, 0.5) is 4.39 Å². The first-order valence-corrected chi connectivity index (χ1v) is 3.06. The third-order valence-corrected chi connectivity index (χ3v) is 1.22. The lowest BCUT2D eigenvalue weighted by atomic mass is 10.5. The number of halogens is 1. The second kappa shape index (κ2) is 3.15. The molecule has 2 nitrogen and oxygen atoms in total. The van der Waals surface area contributed by atoms with Crippen LogP contribution >= 0.6 is 0 Å². The van der Waals surface area contributed by atoms with Crippen molar-refractivity contribution < 1.29 is 4.39 Å². The zero-order valence-electron chi connectivity index (χ0n) is 5.46. The zero-order valence-corrected chi connectivity index (χ0v) is 5.46. The highest BCUT2D eigenvalue weighted by Crippen LogP contribution is 1.81. The lowest BCUT2D eigenvalue weighted by Crippen LogP contribution is -2.18.